The number of aldehydes is 1. The van der Waals surface area contributed by atoms with Crippen molar-refractivity contribution in [2.45, 2.75) is 157 Å². The summed E-state index contributed by atoms with van der Waals surface area (Å²) in [7, 11) is 2.86. The molecule has 2 saturated heterocycles. The molecule has 17 unspecified atom stereocenters. The number of dihydropyridines is 1. The molecule has 6 spiro atoms. The van der Waals surface area contributed by atoms with Gasteiger partial charge in [-0.3, -0.25) is 9.59 Å². The van der Waals surface area contributed by atoms with Gasteiger partial charge >= 0.3 is 0 Å². The van der Waals surface area contributed by atoms with Gasteiger partial charge in [0.25, 0.3) is 0 Å². The number of benzene rings is 2. The van der Waals surface area contributed by atoms with Crippen molar-refractivity contribution < 1.29 is 59.6 Å². The molecule has 10 bridgehead atoms. The molecule has 14 nitrogen and oxygen atoms in total. The first-order chi connectivity index (χ1) is 38.6. The van der Waals surface area contributed by atoms with Crippen LogP contribution < -0.4 is 15.4 Å². The van der Waals surface area contributed by atoms with Crippen LogP contribution >= 0.6 is 21.6 Å². The van der Waals surface area contributed by atoms with Crippen molar-refractivity contribution in [2.75, 3.05) is 25.6 Å². The van der Waals surface area contributed by atoms with Gasteiger partial charge in [0.15, 0.2) is 17.7 Å². The Morgan fingerprint density at radius 2 is 1.69 bits per heavy atom. The lowest BCUT2D eigenvalue weighted by molar-refractivity contribution is -0.461. The number of carbonyl (C=O) groups is 3. The third-order valence-electron chi connectivity index (χ3n) is 24.3. The lowest BCUT2D eigenvalue weighted by atomic mass is 9.42. The fourth-order valence-electron chi connectivity index (χ4n) is 21.7. The van der Waals surface area contributed by atoms with E-state index in [0.29, 0.717) is 54.7 Å². The van der Waals surface area contributed by atoms with Gasteiger partial charge in [0, 0.05) is 47.6 Å². The molecule has 426 valence electrons. The fourth-order valence-corrected chi connectivity index (χ4v) is 24.5. The number of allylic oxidation sites excluding steroid dienone is 6. The monoisotopic (exact) mass is 1130 g/mol. The molecular formula is C64H76N2O12S2. The first-order valence-electron chi connectivity index (χ1n) is 30.0. The van der Waals surface area contributed by atoms with Gasteiger partial charge in [-0.25, -0.2) is 0 Å². The zero-order chi connectivity index (χ0) is 55.0. The Morgan fingerprint density at radius 3 is 2.49 bits per heavy atom. The smallest absolute Gasteiger partial charge is 0.240 e. The fraction of sp³-hybridized carbons (Fsp3) is 0.641. The summed E-state index contributed by atoms with van der Waals surface area (Å²) in [6, 6.07) is 12.2. The predicted molar refractivity (Wildman–Crippen MR) is 300 cm³/mol. The van der Waals surface area contributed by atoms with Crippen LogP contribution in [0.15, 0.2) is 89.0 Å². The molecule has 9 N–H and O–H groups in total. The van der Waals surface area contributed by atoms with E-state index < -0.39 is 81.2 Å². The number of ketones is 2. The number of ether oxygens (including phenoxy) is 2. The van der Waals surface area contributed by atoms with Crippen LogP contribution in [0.3, 0.4) is 0 Å². The maximum Gasteiger partial charge on any atom is 0.240 e. The summed E-state index contributed by atoms with van der Waals surface area (Å²) in [4.78, 5) is 45.9. The Bertz CT molecular complexity index is 3120. The molecule has 4 heterocycles. The number of hydrogen-bond donors (Lipinski definition) is 9. The molecular weight excluding hydrogens is 1050 g/mol. The minimum absolute atomic E-state index is 0.00723. The quantitative estimate of drug-likeness (QED) is 0.0910. The number of hydrogen-bond acceptors (Lipinski definition) is 16. The molecule has 4 aliphatic heterocycles. The van der Waals surface area contributed by atoms with Gasteiger partial charge in [-0.2, -0.15) is 0 Å². The number of Topliss-reactive ketones (excluding diaryl/α,β-unsaturated/α-hetero) is 2. The van der Waals surface area contributed by atoms with Gasteiger partial charge in [-0.15, -0.1) is 0 Å². The van der Waals surface area contributed by atoms with Crippen molar-refractivity contribution in [3.8, 4) is 5.75 Å². The summed E-state index contributed by atoms with van der Waals surface area (Å²) in [6.45, 7) is -0.492. The van der Waals surface area contributed by atoms with E-state index in [1.807, 2.05) is 24.3 Å². The third kappa shape index (κ3) is 6.85. The van der Waals surface area contributed by atoms with Gasteiger partial charge in [0.05, 0.1) is 36.4 Å². The molecule has 17 atom stereocenters. The summed E-state index contributed by atoms with van der Waals surface area (Å²) >= 11 is 0. The SMILES string of the molecule is O=CC1CC2(CCC3(CCCC3)C2)CC12CC1CC3CC4C5CCC67Oc8cccc9c8C(=O)C8(C(O)=CC(Cc%10cccc(CO)c%10)=CC8C9=O)C(CCCO)SSCNC8=CC(=C3CN8)C1(C2)C4C(O)(C6O)C(O)C5(CO)O7. The largest absolute Gasteiger partial charge is 0.511 e. The summed E-state index contributed by atoms with van der Waals surface area (Å²) in [6.07, 6.45) is 17.7. The molecule has 16 rings (SSSR count). The Morgan fingerprint density at radius 1 is 0.875 bits per heavy atom. The maximum absolute atomic E-state index is 16.4. The van der Waals surface area contributed by atoms with Crippen LogP contribution in [-0.2, 0) is 22.6 Å². The summed E-state index contributed by atoms with van der Waals surface area (Å²) in [5.41, 5.74) is -2.27. The predicted octanol–water partition coefficient (Wildman–Crippen LogP) is 7.70. The zero-order valence-electron chi connectivity index (χ0n) is 45.4. The Labute approximate surface area is 475 Å². The lowest BCUT2D eigenvalue weighted by Crippen LogP contribution is -2.88. The average Bonchev–Trinajstić information content (AvgIpc) is 2.80. The molecule has 0 aromatic heterocycles. The van der Waals surface area contributed by atoms with Crippen molar-refractivity contribution in [1.29, 1.82) is 0 Å². The second-order valence-corrected chi connectivity index (χ2v) is 30.2. The molecule has 2 aromatic rings. The van der Waals surface area contributed by atoms with E-state index in [-0.39, 0.29) is 89.6 Å². The van der Waals surface area contributed by atoms with Crippen LogP contribution in [-0.4, -0.2) is 114 Å². The first kappa shape index (κ1) is 52.8. The van der Waals surface area contributed by atoms with Crippen molar-refractivity contribution in [3.63, 3.8) is 0 Å². The standard InChI is InChI=1S/C64H76N2O12S2/c67-17-5-10-49-63-46(20-37(21-48(63)71)19-35-6-3-7-36(18-35)28-68)52(72)41-8-4-9-47(51(41)54(63)73)77-62-14-11-44-42-23-38-22-39-26-59(31-58(25-40(59)29-69)16-15-57(30-58)12-1-2-13-57)32-60(39,45-24-50(65-27-43(38)45)66-34-79-80-49)53(42)64(76,56(62)75)55(74)61(44,33-70)78-62/h3-4,6-9,18,20-21,24,29,38-40,42,44,46,49,53,55-56,65-68,70-71,74-76H,1-2,5,10-17,19,22-23,25-28,30-34H2. The molecule has 6 saturated carbocycles. The second-order valence-electron chi connectivity index (χ2n) is 27.6. The van der Waals surface area contributed by atoms with E-state index in [1.165, 1.54) is 65.6 Å². The third-order valence-corrected chi connectivity index (χ3v) is 27.0. The highest BCUT2D eigenvalue weighted by molar-refractivity contribution is 8.76. The Balaban J connectivity index is 0.903. The topological polar surface area (TPSA) is 235 Å². The number of aliphatic hydroxyl groups is 7. The molecule has 10 aliphatic carbocycles. The maximum atomic E-state index is 16.4. The van der Waals surface area contributed by atoms with E-state index in [0.717, 1.165) is 55.5 Å². The van der Waals surface area contributed by atoms with Gasteiger partial charge < -0.3 is 60.6 Å². The van der Waals surface area contributed by atoms with E-state index in [1.54, 1.807) is 30.4 Å². The molecule has 16 heteroatoms. The van der Waals surface area contributed by atoms with E-state index >= 15 is 9.59 Å². The molecule has 14 aliphatic rings. The number of aliphatic hydroxyl groups excluding tert-OH is 6. The highest BCUT2D eigenvalue weighted by atomic mass is 33.1. The van der Waals surface area contributed by atoms with E-state index in [4.69, 9.17) is 9.47 Å². The van der Waals surface area contributed by atoms with E-state index in [2.05, 4.69) is 16.7 Å². The van der Waals surface area contributed by atoms with Crippen LogP contribution in [0.4, 0.5) is 0 Å². The van der Waals surface area contributed by atoms with Crippen LogP contribution in [0.25, 0.3) is 0 Å². The van der Waals surface area contributed by atoms with Crippen molar-refractivity contribution in [2.24, 2.45) is 68.5 Å². The molecule has 0 radical (unpaired) electrons. The van der Waals surface area contributed by atoms with Crippen molar-refractivity contribution >= 4 is 39.4 Å². The first-order valence-corrected chi connectivity index (χ1v) is 32.4. The highest BCUT2D eigenvalue weighted by Gasteiger charge is 2.84. The molecule has 80 heavy (non-hydrogen) atoms. The van der Waals surface area contributed by atoms with Crippen molar-refractivity contribution in [3.05, 3.63) is 111 Å². The van der Waals surface area contributed by atoms with Gasteiger partial charge in [-0.1, -0.05) is 76.9 Å². The Hall–Kier alpha value is -3.97. The van der Waals surface area contributed by atoms with E-state index in [9.17, 15) is 40.5 Å². The molecule has 2 aromatic carbocycles. The van der Waals surface area contributed by atoms with Crippen LogP contribution in [0.2, 0.25) is 0 Å². The number of rotatable bonds is 8. The van der Waals surface area contributed by atoms with Gasteiger partial charge in [-0.05, 0) is 182 Å². The average molecular weight is 1130 g/mol. The van der Waals surface area contributed by atoms with Crippen LogP contribution in [0, 0.1) is 68.5 Å². The zero-order valence-corrected chi connectivity index (χ0v) is 47.0. The van der Waals surface area contributed by atoms with Crippen LogP contribution in [0.5, 0.6) is 5.75 Å². The number of carbonyl (C=O) groups excluding carboxylic acids is 3. The number of nitrogens with one attached hydrogen (secondary N) is 2. The van der Waals surface area contributed by atoms with Gasteiger partial charge in [0.1, 0.15) is 40.5 Å². The summed E-state index contributed by atoms with van der Waals surface area (Å²) in [5, 5.41) is 93.5. The van der Waals surface area contributed by atoms with Crippen molar-refractivity contribution in [1.82, 2.24) is 10.6 Å². The summed E-state index contributed by atoms with van der Waals surface area (Å²) in [5.74, 6) is -5.20. The minimum Gasteiger partial charge on any atom is -0.511 e. The Kier molecular flexibility index (Phi) is 12.1. The second kappa shape index (κ2) is 18.3. The summed E-state index contributed by atoms with van der Waals surface area (Å²) < 4.78 is 14.3. The van der Waals surface area contributed by atoms with Gasteiger partial charge in [0.2, 0.25) is 5.79 Å². The van der Waals surface area contributed by atoms with Crippen LogP contribution in [0.1, 0.15) is 141 Å². The minimum atomic E-state index is -2.35. The highest BCUT2D eigenvalue weighted by Crippen LogP contribution is 2.81. The molecule has 0 amide bonds. The normalized spacial score (nSPS) is 45.0. The lowest BCUT2D eigenvalue weighted by Gasteiger charge is -2.72. The molecule has 8 fully saturated rings.